The number of hydrogen-bond donors (Lipinski definition) is 1. The van der Waals surface area contributed by atoms with Crippen molar-refractivity contribution in [1.82, 2.24) is 9.62 Å². The van der Waals surface area contributed by atoms with Gasteiger partial charge in [0.25, 0.3) is 0 Å². The number of benzene rings is 1. The highest BCUT2D eigenvalue weighted by Crippen LogP contribution is 2.16. The standard InChI is InChI=1S/C12H17N3O2S/c1-10-4-5-11(9-13)8-12(10)18(16,17)14-6-7-15(2)3/h4-5,8,14H,6-7H2,1-3H3. The fourth-order valence-corrected chi connectivity index (χ4v) is 2.73. The molecular formula is C12H17N3O2S. The van der Waals surface area contributed by atoms with Crippen molar-refractivity contribution in [2.45, 2.75) is 11.8 Å². The van der Waals surface area contributed by atoms with E-state index in [0.717, 1.165) is 0 Å². The molecule has 1 rings (SSSR count). The summed E-state index contributed by atoms with van der Waals surface area (Å²) in [6.07, 6.45) is 0. The zero-order valence-electron chi connectivity index (χ0n) is 10.8. The van der Waals surface area contributed by atoms with E-state index >= 15 is 0 Å². The second-order valence-electron chi connectivity index (χ2n) is 4.29. The highest BCUT2D eigenvalue weighted by atomic mass is 32.2. The van der Waals surface area contributed by atoms with Crippen molar-refractivity contribution in [2.75, 3.05) is 27.2 Å². The third-order valence-corrected chi connectivity index (χ3v) is 4.06. The van der Waals surface area contributed by atoms with E-state index in [1.165, 1.54) is 6.07 Å². The van der Waals surface area contributed by atoms with Crippen LogP contribution in [0.4, 0.5) is 0 Å². The van der Waals surface area contributed by atoms with E-state index in [1.807, 2.05) is 25.1 Å². The molecule has 0 amide bonds. The molecule has 0 spiro atoms. The second-order valence-corrected chi connectivity index (χ2v) is 6.03. The molecule has 5 nitrogen and oxygen atoms in total. The van der Waals surface area contributed by atoms with Gasteiger partial charge >= 0.3 is 0 Å². The molecule has 0 aliphatic heterocycles. The number of sulfonamides is 1. The number of aryl methyl sites for hydroxylation is 1. The first kappa shape index (κ1) is 14.6. The largest absolute Gasteiger partial charge is 0.308 e. The molecule has 0 fully saturated rings. The Kier molecular flexibility index (Phi) is 4.84. The van der Waals surface area contributed by atoms with Gasteiger partial charge in [0.1, 0.15) is 0 Å². The molecule has 0 aliphatic carbocycles. The molecule has 0 saturated carbocycles. The van der Waals surface area contributed by atoms with Crippen LogP contribution in [-0.2, 0) is 10.0 Å². The van der Waals surface area contributed by atoms with Crippen molar-refractivity contribution in [3.05, 3.63) is 29.3 Å². The molecule has 1 aromatic rings. The van der Waals surface area contributed by atoms with Crippen LogP contribution < -0.4 is 4.72 Å². The molecule has 0 unspecified atom stereocenters. The zero-order chi connectivity index (χ0) is 13.8. The lowest BCUT2D eigenvalue weighted by molar-refractivity contribution is 0.412. The van der Waals surface area contributed by atoms with Crippen molar-refractivity contribution in [1.29, 1.82) is 5.26 Å². The molecule has 0 atom stereocenters. The van der Waals surface area contributed by atoms with Gasteiger partial charge in [-0.1, -0.05) is 6.07 Å². The minimum Gasteiger partial charge on any atom is -0.308 e. The van der Waals surface area contributed by atoms with Gasteiger partial charge in [-0.2, -0.15) is 5.26 Å². The number of nitrogens with zero attached hydrogens (tertiary/aromatic N) is 2. The summed E-state index contributed by atoms with van der Waals surface area (Å²) in [6, 6.07) is 6.58. The summed E-state index contributed by atoms with van der Waals surface area (Å²) in [5, 5.41) is 8.80. The summed E-state index contributed by atoms with van der Waals surface area (Å²) in [6.45, 7) is 2.67. The van der Waals surface area contributed by atoms with Crippen LogP contribution in [0, 0.1) is 18.3 Å². The Labute approximate surface area is 108 Å². The van der Waals surface area contributed by atoms with Crippen LogP contribution in [0.1, 0.15) is 11.1 Å². The van der Waals surface area contributed by atoms with Gasteiger partial charge in [0.05, 0.1) is 16.5 Å². The molecule has 1 aromatic carbocycles. The molecule has 0 saturated heterocycles. The summed E-state index contributed by atoms with van der Waals surface area (Å²) >= 11 is 0. The topological polar surface area (TPSA) is 73.2 Å². The highest BCUT2D eigenvalue weighted by Gasteiger charge is 2.16. The van der Waals surface area contributed by atoms with Gasteiger partial charge < -0.3 is 4.90 Å². The predicted octanol–water partition coefficient (Wildman–Crippen LogP) is 0.707. The molecule has 0 aliphatic rings. The quantitative estimate of drug-likeness (QED) is 0.852. The van der Waals surface area contributed by atoms with Crippen molar-refractivity contribution < 1.29 is 8.42 Å². The maximum atomic E-state index is 12.1. The van der Waals surface area contributed by atoms with Crippen LogP contribution in [0.3, 0.4) is 0 Å². The van der Waals surface area contributed by atoms with E-state index in [-0.39, 0.29) is 4.90 Å². The van der Waals surface area contributed by atoms with Crippen molar-refractivity contribution in [3.63, 3.8) is 0 Å². The van der Waals surface area contributed by atoms with E-state index < -0.39 is 10.0 Å². The van der Waals surface area contributed by atoms with Crippen LogP contribution >= 0.6 is 0 Å². The first-order valence-corrected chi connectivity index (χ1v) is 7.00. The van der Waals surface area contributed by atoms with E-state index in [4.69, 9.17) is 5.26 Å². The van der Waals surface area contributed by atoms with Gasteiger partial charge in [0.15, 0.2) is 0 Å². The summed E-state index contributed by atoms with van der Waals surface area (Å²) in [7, 11) is 0.195. The van der Waals surface area contributed by atoms with Crippen LogP contribution in [0.25, 0.3) is 0 Å². The molecule has 0 radical (unpaired) electrons. The van der Waals surface area contributed by atoms with Crippen molar-refractivity contribution >= 4 is 10.0 Å². The highest BCUT2D eigenvalue weighted by molar-refractivity contribution is 7.89. The van der Waals surface area contributed by atoms with Gasteiger partial charge in [-0.25, -0.2) is 13.1 Å². The van der Waals surface area contributed by atoms with Crippen molar-refractivity contribution in [2.24, 2.45) is 0 Å². The summed E-state index contributed by atoms with van der Waals surface area (Å²) < 4.78 is 26.6. The SMILES string of the molecule is Cc1ccc(C#N)cc1S(=O)(=O)NCCN(C)C. The first-order valence-electron chi connectivity index (χ1n) is 5.52. The molecule has 6 heteroatoms. The summed E-state index contributed by atoms with van der Waals surface area (Å²) in [5.41, 5.74) is 0.972. The van der Waals surface area contributed by atoms with E-state index in [0.29, 0.717) is 24.2 Å². The smallest absolute Gasteiger partial charge is 0.240 e. The predicted molar refractivity (Wildman–Crippen MR) is 69.6 cm³/mol. The number of nitrogens with one attached hydrogen (secondary N) is 1. The zero-order valence-corrected chi connectivity index (χ0v) is 11.6. The summed E-state index contributed by atoms with van der Waals surface area (Å²) in [5.74, 6) is 0. The van der Waals surface area contributed by atoms with Gasteiger partial charge in [-0.05, 0) is 38.7 Å². The van der Waals surface area contributed by atoms with E-state index in [2.05, 4.69) is 4.72 Å². The molecule has 0 aromatic heterocycles. The second kappa shape index (κ2) is 5.96. The molecule has 1 N–H and O–H groups in total. The Morgan fingerprint density at radius 1 is 1.39 bits per heavy atom. The lowest BCUT2D eigenvalue weighted by Crippen LogP contribution is -2.31. The van der Waals surface area contributed by atoms with E-state index in [1.54, 1.807) is 19.1 Å². The number of rotatable bonds is 5. The average molecular weight is 267 g/mol. The lowest BCUT2D eigenvalue weighted by Gasteiger charge is -2.12. The number of nitriles is 1. The Balaban J connectivity index is 2.95. The fraction of sp³-hybridized carbons (Fsp3) is 0.417. The van der Waals surface area contributed by atoms with Crippen LogP contribution in [0.15, 0.2) is 23.1 Å². The van der Waals surface area contributed by atoms with Crippen LogP contribution in [0.2, 0.25) is 0 Å². The average Bonchev–Trinajstić information content (AvgIpc) is 2.28. The van der Waals surface area contributed by atoms with Gasteiger partial charge in [-0.3, -0.25) is 0 Å². The summed E-state index contributed by atoms with van der Waals surface area (Å²) in [4.78, 5) is 2.06. The maximum Gasteiger partial charge on any atom is 0.240 e. The Morgan fingerprint density at radius 3 is 2.61 bits per heavy atom. The van der Waals surface area contributed by atoms with Gasteiger partial charge in [-0.15, -0.1) is 0 Å². The molecule has 18 heavy (non-hydrogen) atoms. The molecular weight excluding hydrogens is 250 g/mol. The van der Waals surface area contributed by atoms with Crippen LogP contribution in [0.5, 0.6) is 0 Å². The molecule has 0 heterocycles. The Hall–Kier alpha value is -1.42. The third kappa shape index (κ3) is 3.81. The van der Waals surface area contributed by atoms with Crippen LogP contribution in [-0.4, -0.2) is 40.5 Å². The fourth-order valence-electron chi connectivity index (χ4n) is 1.44. The van der Waals surface area contributed by atoms with Gasteiger partial charge in [0.2, 0.25) is 10.0 Å². The Bertz CT molecular complexity index is 559. The Morgan fingerprint density at radius 2 is 2.06 bits per heavy atom. The van der Waals surface area contributed by atoms with E-state index in [9.17, 15) is 8.42 Å². The first-order chi connectivity index (χ1) is 8.36. The monoisotopic (exact) mass is 267 g/mol. The normalized spacial score (nSPS) is 11.5. The molecule has 98 valence electrons. The minimum atomic E-state index is -3.55. The number of hydrogen-bond acceptors (Lipinski definition) is 4. The number of likely N-dealkylation sites (N-methyl/N-ethyl adjacent to an activating group) is 1. The molecule has 0 bridgehead atoms. The third-order valence-electron chi connectivity index (χ3n) is 2.46. The van der Waals surface area contributed by atoms with Crippen molar-refractivity contribution in [3.8, 4) is 6.07 Å². The van der Waals surface area contributed by atoms with Gasteiger partial charge in [0, 0.05) is 13.1 Å². The lowest BCUT2D eigenvalue weighted by atomic mass is 10.2. The minimum absolute atomic E-state index is 0.167. The maximum absolute atomic E-state index is 12.1.